The van der Waals surface area contributed by atoms with Crippen LogP contribution in [0, 0.1) is 23.7 Å². The summed E-state index contributed by atoms with van der Waals surface area (Å²) in [4.78, 5) is 0. The van der Waals surface area contributed by atoms with Crippen molar-refractivity contribution in [2.24, 2.45) is 29.4 Å². The van der Waals surface area contributed by atoms with Gasteiger partial charge in [-0.3, -0.25) is 27.3 Å². The molecule has 0 aromatic heterocycles. The van der Waals surface area contributed by atoms with Gasteiger partial charge in [-0.25, -0.2) is 0 Å². The van der Waals surface area contributed by atoms with Gasteiger partial charge in [-0.2, -0.15) is 0 Å². The number of aliphatic hydroxyl groups excluding tert-OH is 9. The molecular formula is C29H56NO23P3. The first-order valence-electron chi connectivity index (χ1n) is 17.9. The number of rotatable bonds is 18. The van der Waals surface area contributed by atoms with E-state index in [1.165, 1.54) is 20.8 Å². The Balaban J connectivity index is 1.31. The van der Waals surface area contributed by atoms with Gasteiger partial charge >= 0.3 is 24.8 Å². The first kappa shape index (κ1) is 48.5. The predicted molar refractivity (Wildman–Crippen MR) is 185 cm³/mol. The SMILES string of the molecule is CC1[C@@H](O[PH](=O)O[C@@H]2C(CO)O[C@H](O[PH](=O)O[C@@H]3C(CO)O[C@H](O[PH](=O)O[C@@H]4C(CO)O[C@H](OCN)C(C)[C@H]4O)C(C)[C@H]3O)C(C)[C@H]2O)OC(CO)[C@@H](O)[C@@H]1O. The van der Waals surface area contributed by atoms with E-state index < -0.39 is 173 Å². The maximum atomic E-state index is 13.1. The van der Waals surface area contributed by atoms with Crippen LogP contribution < -0.4 is 5.73 Å². The molecule has 0 saturated carbocycles. The summed E-state index contributed by atoms with van der Waals surface area (Å²) in [5.41, 5.74) is 5.39. The molecule has 23 atom stereocenters. The van der Waals surface area contributed by atoms with Gasteiger partial charge in [0.15, 0.2) is 25.2 Å². The van der Waals surface area contributed by atoms with E-state index in [1.807, 2.05) is 0 Å². The van der Waals surface area contributed by atoms with Crippen LogP contribution in [0.5, 0.6) is 0 Å². The number of hydrogen-bond donors (Lipinski definition) is 10. The fourth-order valence-corrected chi connectivity index (χ4v) is 9.74. The van der Waals surface area contributed by atoms with Gasteiger partial charge < -0.3 is 88.9 Å². The number of ether oxygens (including phenoxy) is 5. The Morgan fingerprint density at radius 2 is 0.732 bits per heavy atom. The summed E-state index contributed by atoms with van der Waals surface area (Å²) in [5, 5.41) is 92.4. The normalized spacial score (nSPS) is 46.6. The molecule has 0 aromatic carbocycles. The minimum atomic E-state index is -3.67. The van der Waals surface area contributed by atoms with E-state index in [0.717, 1.165) is 0 Å². The quantitative estimate of drug-likeness (QED) is 0.0472. The highest BCUT2D eigenvalue weighted by molar-refractivity contribution is 7.33. The maximum Gasteiger partial charge on any atom is 0.321 e. The van der Waals surface area contributed by atoms with Crippen molar-refractivity contribution in [2.75, 3.05) is 33.2 Å². The number of aliphatic hydroxyl groups is 9. The Labute approximate surface area is 323 Å². The highest BCUT2D eigenvalue weighted by atomic mass is 31.1. The van der Waals surface area contributed by atoms with E-state index in [4.69, 9.17) is 56.6 Å². The molecule has 330 valence electrons. The molecule has 4 aliphatic heterocycles. The van der Waals surface area contributed by atoms with Crippen molar-refractivity contribution in [1.82, 2.24) is 0 Å². The van der Waals surface area contributed by atoms with Crippen molar-refractivity contribution < 1.29 is 110 Å². The Hall–Kier alpha value is -0.150. The summed E-state index contributed by atoms with van der Waals surface area (Å²) in [5.74, 6) is -3.76. The minimum Gasteiger partial charge on any atom is -0.394 e. The molecule has 27 heteroatoms. The molecule has 4 saturated heterocycles. The van der Waals surface area contributed by atoms with E-state index in [9.17, 15) is 59.7 Å². The summed E-state index contributed by atoms with van der Waals surface area (Å²) in [7, 11) is -10.8. The molecule has 0 amide bonds. The summed E-state index contributed by atoms with van der Waals surface area (Å²) < 4.78 is 98.9. The largest absolute Gasteiger partial charge is 0.394 e. The van der Waals surface area contributed by atoms with E-state index >= 15 is 0 Å². The van der Waals surface area contributed by atoms with Gasteiger partial charge in [-0.05, 0) is 0 Å². The summed E-state index contributed by atoms with van der Waals surface area (Å²) in [6.07, 6.45) is -22.3. The lowest BCUT2D eigenvalue weighted by Crippen LogP contribution is -2.57. The van der Waals surface area contributed by atoms with Gasteiger partial charge in [0.05, 0.1) is 57.6 Å². The minimum absolute atomic E-state index is 0.229. The molecule has 4 rings (SSSR count). The van der Waals surface area contributed by atoms with Crippen LogP contribution in [0.1, 0.15) is 27.7 Å². The second-order valence-electron chi connectivity index (χ2n) is 14.0. The van der Waals surface area contributed by atoms with E-state index in [1.54, 1.807) is 6.92 Å². The molecule has 24 nitrogen and oxygen atoms in total. The molecule has 4 fully saturated rings. The first-order valence-corrected chi connectivity index (χ1v) is 21.6. The van der Waals surface area contributed by atoms with Gasteiger partial charge in [-0.15, -0.1) is 0 Å². The predicted octanol–water partition coefficient (Wildman–Crippen LogP) is -3.49. The second kappa shape index (κ2) is 22.1. The highest BCUT2D eigenvalue weighted by Crippen LogP contribution is 2.45. The lowest BCUT2D eigenvalue weighted by Gasteiger charge is -2.44. The van der Waals surface area contributed by atoms with E-state index in [0.29, 0.717) is 0 Å². The summed E-state index contributed by atoms with van der Waals surface area (Å²) in [6, 6.07) is 0. The van der Waals surface area contributed by atoms with Crippen molar-refractivity contribution in [3.8, 4) is 0 Å². The molecule has 0 bridgehead atoms. The topological polar surface area (TPSA) is 361 Å². The third-order valence-electron chi connectivity index (χ3n) is 10.3. The van der Waals surface area contributed by atoms with Gasteiger partial charge in [0.2, 0.25) is 0 Å². The second-order valence-corrected chi connectivity index (χ2v) is 16.9. The Kier molecular flexibility index (Phi) is 19.1. The number of hydrogen-bond acceptors (Lipinski definition) is 24. The molecule has 4 heterocycles. The third-order valence-corrected chi connectivity index (χ3v) is 12.9. The summed E-state index contributed by atoms with van der Waals surface area (Å²) in [6.45, 7) is 2.60. The molecular weight excluding hydrogens is 823 g/mol. The standard InChI is InChI=1S/C29H56NO23P3/c1-10-18(35)22(39)14(5-31)44-27(10)51-54(40)49-24-16(7-33)46-29(12(3)20(24)37)53-56(42)50-25-17(8-34)47-28(13(4)21(25)38)52-55(41)48-23-15(6-32)45-26(43-9-30)11(2)19(23)36/h10-29,31-39,54-56H,5-9,30H2,1-4H3/t10?,11?,12?,13?,14?,15?,16?,17?,18-,19-,20-,21-,22-,23-,24-,25-,26+,27-,28-,29-/m1/s1. The molecule has 11 unspecified atom stereocenters. The average Bonchev–Trinajstić information content (AvgIpc) is 3.17. The molecule has 0 spiro atoms. The summed E-state index contributed by atoms with van der Waals surface area (Å²) >= 11 is 0. The van der Waals surface area contributed by atoms with Gasteiger partial charge in [-0.1, -0.05) is 27.7 Å². The van der Waals surface area contributed by atoms with E-state index in [2.05, 4.69) is 0 Å². The van der Waals surface area contributed by atoms with Gasteiger partial charge in [0.1, 0.15) is 48.8 Å². The van der Waals surface area contributed by atoms with Crippen molar-refractivity contribution >= 4 is 24.8 Å². The Bertz CT molecular complexity index is 1290. The zero-order valence-corrected chi connectivity index (χ0v) is 33.9. The van der Waals surface area contributed by atoms with Crippen LogP contribution >= 0.6 is 24.8 Å². The van der Waals surface area contributed by atoms with Gasteiger partial charge in [0, 0.05) is 23.7 Å². The molecule has 0 aliphatic carbocycles. The van der Waals surface area contributed by atoms with Crippen LogP contribution in [0.15, 0.2) is 0 Å². The molecule has 11 N–H and O–H groups in total. The Morgan fingerprint density at radius 3 is 1.05 bits per heavy atom. The van der Waals surface area contributed by atoms with Crippen LogP contribution in [0.3, 0.4) is 0 Å². The zero-order chi connectivity index (χ0) is 41.6. The van der Waals surface area contributed by atoms with Crippen LogP contribution in [-0.4, -0.2) is 178 Å². The highest BCUT2D eigenvalue weighted by Gasteiger charge is 2.50. The molecule has 0 aromatic rings. The van der Waals surface area contributed by atoms with Gasteiger partial charge in [0.25, 0.3) is 0 Å². The first-order chi connectivity index (χ1) is 26.5. The van der Waals surface area contributed by atoms with Crippen LogP contribution in [0.2, 0.25) is 0 Å². The Morgan fingerprint density at radius 1 is 0.446 bits per heavy atom. The van der Waals surface area contributed by atoms with E-state index in [-0.39, 0.29) is 6.73 Å². The van der Waals surface area contributed by atoms with Crippen molar-refractivity contribution in [3.05, 3.63) is 0 Å². The fraction of sp³-hybridized carbons (Fsp3) is 1.00. The van der Waals surface area contributed by atoms with Crippen LogP contribution in [0.4, 0.5) is 0 Å². The number of nitrogens with two attached hydrogens (primary N) is 1. The lowest BCUT2D eigenvalue weighted by atomic mass is 9.92. The lowest BCUT2D eigenvalue weighted by molar-refractivity contribution is -0.281. The molecule has 56 heavy (non-hydrogen) atoms. The van der Waals surface area contributed by atoms with Crippen molar-refractivity contribution in [3.63, 3.8) is 0 Å². The smallest absolute Gasteiger partial charge is 0.321 e. The third kappa shape index (κ3) is 11.4. The fourth-order valence-electron chi connectivity index (χ4n) is 6.65. The van der Waals surface area contributed by atoms with Crippen LogP contribution in [0.25, 0.3) is 0 Å². The maximum absolute atomic E-state index is 13.1. The molecule has 0 radical (unpaired) electrons. The van der Waals surface area contributed by atoms with Crippen molar-refractivity contribution in [2.45, 2.75) is 126 Å². The monoisotopic (exact) mass is 879 g/mol. The zero-order valence-electron chi connectivity index (χ0n) is 30.9. The van der Waals surface area contributed by atoms with Crippen molar-refractivity contribution in [1.29, 1.82) is 0 Å². The van der Waals surface area contributed by atoms with Crippen LogP contribution in [-0.2, 0) is 64.5 Å². The average molecular weight is 880 g/mol. The molecule has 4 aliphatic rings.